The van der Waals surface area contributed by atoms with Gasteiger partial charge in [0.25, 0.3) is 5.91 Å². The second-order valence-electron chi connectivity index (χ2n) is 8.50. The highest BCUT2D eigenvalue weighted by Gasteiger charge is 2.28. The molecule has 1 unspecified atom stereocenters. The van der Waals surface area contributed by atoms with E-state index in [1.165, 1.54) is 17.3 Å². The van der Waals surface area contributed by atoms with Crippen LogP contribution < -0.4 is 11.2 Å². The van der Waals surface area contributed by atoms with E-state index in [2.05, 4.69) is 43.0 Å². The highest BCUT2D eigenvalue weighted by Crippen LogP contribution is 2.26. The van der Waals surface area contributed by atoms with Crippen LogP contribution in [0.5, 0.6) is 5.75 Å². The molecule has 180 valence electrons. The number of hydrogen-bond acceptors (Lipinski definition) is 10. The van der Waals surface area contributed by atoms with Gasteiger partial charge < -0.3 is 10.8 Å². The fraction of sp³-hybridized carbons (Fsp3) is 0.304. The summed E-state index contributed by atoms with van der Waals surface area (Å²) in [6.07, 6.45) is 4.71. The number of carbonyl (C=O) groups is 1. The molecule has 1 aliphatic heterocycles. The number of benzene rings is 2. The number of nitrogens with two attached hydrogens (primary N) is 1. The van der Waals surface area contributed by atoms with Crippen molar-refractivity contribution in [2.75, 3.05) is 12.3 Å². The zero-order chi connectivity index (χ0) is 24.4. The Labute approximate surface area is 200 Å². The lowest BCUT2D eigenvalue weighted by molar-refractivity contribution is 0.0945. The van der Waals surface area contributed by atoms with Crippen LogP contribution >= 0.6 is 0 Å². The van der Waals surface area contributed by atoms with Gasteiger partial charge in [0, 0.05) is 18.2 Å². The summed E-state index contributed by atoms with van der Waals surface area (Å²) in [4.78, 5) is 15.3. The number of rotatable bonds is 6. The number of anilines is 1. The van der Waals surface area contributed by atoms with Crippen LogP contribution in [0.2, 0.25) is 0 Å². The van der Waals surface area contributed by atoms with Crippen LogP contribution in [-0.2, 0) is 6.54 Å². The molecule has 0 radical (unpaired) electrons. The number of phenols is 1. The van der Waals surface area contributed by atoms with E-state index in [4.69, 9.17) is 10.4 Å². The van der Waals surface area contributed by atoms with Crippen LogP contribution in [0.25, 0.3) is 16.6 Å². The predicted molar refractivity (Wildman–Crippen MR) is 128 cm³/mol. The summed E-state index contributed by atoms with van der Waals surface area (Å²) in [5.41, 5.74) is 9.46. The minimum Gasteiger partial charge on any atom is -0.507 e. The van der Waals surface area contributed by atoms with Crippen molar-refractivity contribution in [1.82, 2.24) is 35.6 Å². The maximum Gasteiger partial charge on any atom is 0.293 e. The van der Waals surface area contributed by atoms with Gasteiger partial charge in [-0.1, -0.05) is 42.0 Å². The van der Waals surface area contributed by atoms with Crippen LogP contribution in [0.1, 0.15) is 47.9 Å². The van der Waals surface area contributed by atoms with Crippen LogP contribution in [0, 0.1) is 0 Å². The van der Waals surface area contributed by atoms with Crippen LogP contribution in [-0.4, -0.2) is 60.0 Å². The maximum atomic E-state index is 13.1. The molecular formula is C23H25N9O3. The van der Waals surface area contributed by atoms with Crippen LogP contribution in [0.15, 0.2) is 46.1 Å². The SMILES string of the molecule is CC1CCCCN1Cc1c(C(=O)NN=Cc2c(O)ccc3ccccc23)nnn1-c1nonc1N. The monoisotopic (exact) mass is 475 g/mol. The fourth-order valence-corrected chi connectivity index (χ4v) is 4.34. The van der Waals surface area contributed by atoms with Gasteiger partial charge in [0.15, 0.2) is 5.69 Å². The molecule has 0 aliphatic carbocycles. The summed E-state index contributed by atoms with van der Waals surface area (Å²) in [5.74, 6) is -0.289. The van der Waals surface area contributed by atoms with Crippen molar-refractivity contribution in [1.29, 1.82) is 0 Å². The molecule has 2 aromatic carbocycles. The van der Waals surface area contributed by atoms with Gasteiger partial charge in [-0.3, -0.25) is 9.69 Å². The predicted octanol–water partition coefficient (Wildman–Crippen LogP) is 2.23. The molecule has 35 heavy (non-hydrogen) atoms. The molecule has 1 fully saturated rings. The molecule has 3 heterocycles. The lowest BCUT2D eigenvalue weighted by Gasteiger charge is -2.33. The third-order valence-corrected chi connectivity index (χ3v) is 6.28. The van der Waals surface area contributed by atoms with Gasteiger partial charge in [0.05, 0.1) is 11.9 Å². The molecular weight excluding hydrogens is 450 g/mol. The summed E-state index contributed by atoms with van der Waals surface area (Å²) < 4.78 is 6.10. The smallest absolute Gasteiger partial charge is 0.293 e. The Morgan fingerprint density at radius 1 is 1.29 bits per heavy atom. The van der Waals surface area contributed by atoms with E-state index in [9.17, 15) is 9.90 Å². The third kappa shape index (κ3) is 4.43. The summed E-state index contributed by atoms with van der Waals surface area (Å²) in [6.45, 7) is 3.45. The third-order valence-electron chi connectivity index (χ3n) is 6.28. The average molecular weight is 476 g/mol. The molecule has 1 amide bonds. The van der Waals surface area contributed by atoms with E-state index in [0.717, 1.165) is 30.2 Å². The number of nitrogens with zero attached hydrogens (tertiary/aromatic N) is 7. The second kappa shape index (κ2) is 9.50. The van der Waals surface area contributed by atoms with Gasteiger partial charge in [0.2, 0.25) is 11.6 Å². The summed E-state index contributed by atoms with van der Waals surface area (Å²) in [7, 11) is 0. The Hall–Kier alpha value is -4.32. The Balaban J connectivity index is 1.43. The molecule has 1 aliphatic rings. The Kier molecular flexibility index (Phi) is 6.10. The molecule has 0 bridgehead atoms. The Morgan fingerprint density at radius 2 is 2.14 bits per heavy atom. The highest BCUT2D eigenvalue weighted by atomic mass is 16.6. The lowest BCUT2D eigenvalue weighted by atomic mass is 10.0. The first-order chi connectivity index (χ1) is 17.0. The van der Waals surface area contributed by atoms with Crippen molar-refractivity contribution in [2.45, 2.75) is 38.8 Å². The Bertz CT molecular complexity index is 1390. The second-order valence-corrected chi connectivity index (χ2v) is 8.50. The topological polar surface area (TPSA) is 161 Å². The number of likely N-dealkylation sites (tertiary alicyclic amines) is 1. The van der Waals surface area contributed by atoms with Crippen molar-refractivity contribution in [3.8, 4) is 11.6 Å². The van der Waals surface area contributed by atoms with Gasteiger partial charge in [0.1, 0.15) is 5.75 Å². The van der Waals surface area contributed by atoms with E-state index in [1.807, 2.05) is 30.3 Å². The normalized spacial score (nSPS) is 16.8. The highest BCUT2D eigenvalue weighted by molar-refractivity contribution is 6.03. The molecule has 4 aromatic rings. The molecule has 0 spiro atoms. The number of hydrazone groups is 1. The van der Waals surface area contributed by atoms with E-state index in [1.54, 1.807) is 6.07 Å². The summed E-state index contributed by atoms with van der Waals surface area (Å²) in [6, 6.07) is 11.3. The van der Waals surface area contributed by atoms with Crippen molar-refractivity contribution in [3.05, 3.63) is 53.3 Å². The Morgan fingerprint density at radius 3 is 2.94 bits per heavy atom. The largest absolute Gasteiger partial charge is 0.507 e. The molecule has 5 rings (SSSR count). The molecule has 12 nitrogen and oxygen atoms in total. The number of aromatic hydroxyl groups is 1. The van der Waals surface area contributed by atoms with Crippen LogP contribution in [0.3, 0.4) is 0 Å². The number of fused-ring (bicyclic) bond motifs is 1. The number of nitrogens with one attached hydrogen (secondary N) is 1. The first kappa shape index (κ1) is 22.5. The molecule has 2 aromatic heterocycles. The maximum absolute atomic E-state index is 13.1. The standard InChI is InChI=1S/C23H25N9O3/c1-14-6-4-5-11-31(14)13-18-20(26-30-32(18)22-21(24)28-35-29-22)23(34)27-25-12-17-16-8-3-2-7-15(16)9-10-19(17)33/h2-3,7-10,12,14,33H,4-6,11,13H2,1H3,(H2,24,28)(H,27,34). The van der Waals surface area contributed by atoms with E-state index in [0.29, 0.717) is 23.8 Å². The van der Waals surface area contributed by atoms with Crippen molar-refractivity contribution < 1.29 is 14.5 Å². The first-order valence-corrected chi connectivity index (χ1v) is 11.3. The minimum atomic E-state index is -0.554. The molecule has 12 heteroatoms. The van der Waals surface area contributed by atoms with Gasteiger partial charge in [-0.25, -0.2) is 10.1 Å². The fourth-order valence-electron chi connectivity index (χ4n) is 4.34. The number of nitrogen functional groups attached to an aromatic ring is 1. The zero-order valence-corrected chi connectivity index (χ0v) is 19.1. The van der Waals surface area contributed by atoms with Gasteiger partial charge in [-0.2, -0.15) is 9.78 Å². The van der Waals surface area contributed by atoms with Crippen molar-refractivity contribution >= 4 is 28.7 Å². The number of piperidine rings is 1. The number of aromatic nitrogens is 5. The number of amides is 1. The van der Waals surface area contributed by atoms with E-state index >= 15 is 0 Å². The van der Waals surface area contributed by atoms with Crippen molar-refractivity contribution in [2.24, 2.45) is 5.10 Å². The summed E-state index contributed by atoms with van der Waals surface area (Å²) in [5, 5.41) is 31.7. The summed E-state index contributed by atoms with van der Waals surface area (Å²) >= 11 is 0. The van der Waals surface area contributed by atoms with E-state index in [-0.39, 0.29) is 23.1 Å². The van der Waals surface area contributed by atoms with E-state index < -0.39 is 5.91 Å². The van der Waals surface area contributed by atoms with Gasteiger partial charge in [-0.05, 0) is 53.5 Å². The number of phenolic OH excluding ortho intramolecular Hbond substituents is 1. The molecule has 4 N–H and O–H groups in total. The molecule has 0 saturated carbocycles. The molecule has 1 saturated heterocycles. The quantitative estimate of drug-likeness (QED) is 0.280. The minimum absolute atomic E-state index is 0.0410. The first-order valence-electron chi connectivity index (χ1n) is 11.3. The molecule has 1 atom stereocenters. The lowest BCUT2D eigenvalue weighted by Crippen LogP contribution is -2.38. The zero-order valence-electron chi connectivity index (χ0n) is 19.1. The number of hydrogen-bond donors (Lipinski definition) is 3. The average Bonchev–Trinajstić information content (AvgIpc) is 3.47. The van der Waals surface area contributed by atoms with Crippen molar-refractivity contribution in [3.63, 3.8) is 0 Å². The van der Waals surface area contributed by atoms with Gasteiger partial charge in [-0.15, -0.1) is 5.10 Å². The number of carbonyl (C=O) groups excluding carboxylic acids is 1. The van der Waals surface area contributed by atoms with Crippen LogP contribution in [0.4, 0.5) is 5.82 Å². The van der Waals surface area contributed by atoms with Gasteiger partial charge >= 0.3 is 0 Å².